The van der Waals surface area contributed by atoms with Crippen LogP contribution in [0, 0.1) is 0 Å². The van der Waals surface area contributed by atoms with Crippen LogP contribution in [-0.4, -0.2) is 23.4 Å². The van der Waals surface area contributed by atoms with Gasteiger partial charge in [-0.1, -0.05) is 34.9 Å². The van der Waals surface area contributed by atoms with Crippen molar-refractivity contribution >= 4 is 0 Å². The maximum Gasteiger partial charge on any atom is 0.0614 e. The van der Waals surface area contributed by atoms with Gasteiger partial charge in [0.2, 0.25) is 0 Å². The lowest BCUT2D eigenvalue weighted by atomic mass is 10.1. The van der Waals surface area contributed by atoms with Gasteiger partial charge in [0.05, 0.1) is 6.61 Å². The van der Waals surface area contributed by atoms with E-state index in [0.717, 1.165) is 25.7 Å². The highest BCUT2D eigenvalue weighted by atomic mass is 16.3. The second-order valence-corrected chi connectivity index (χ2v) is 4.96. The molecule has 0 unspecified atom stereocenters. The van der Waals surface area contributed by atoms with Crippen LogP contribution in [0.2, 0.25) is 0 Å². The Morgan fingerprint density at radius 2 is 1.21 bits per heavy atom. The Balaban J connectivity index is 0. The lowest BCUT2D eigenvalue weighted by Gasteiger charge is -2.00. The first-order valence-electron chi connectivity index (χ1n) is 7.14. The minimum absolute atomic E-state index is 0.162. The molecule has 0 bridgehead atoms. The summed E-state index contributed by atoms with van der Waals surface area (Å²) in [6.45, 7) is 10.6. The maximum absolute atomic E-state index is 8.72. The van der Waals surface area contributed by atoms with Crippen LogP contribution in [0.4, 0.5) is 0 Å². The Hall–Kier alpha value is -0.860. The largest absolute Gasteiger partial charge is 0.397 e. The van der Waals surface area contributed by atoms with E-state index in [-0.39, 0.29) is 13.2 Å². The Bertz CT molecular complexity index is 282. The predicted molar refractivity (Wildman–Crippen MR) is 85.3 cm³/mol. The van der Waals surface area contributed by atoms with Crippen LogP contribution in [0.1, 0.15) is 60.3 Å². The van der Waals surface area contributed by atoms with Crippen LogP contribution in [0.5, 0.6) is 0 Å². The molecule has 0 heterocycles. The standard InChI is InChI=1S/C15H26O.C2H6O/c1-13(2)7-5-8-14(3)9-6-10-15(4)11-12-16;1-2-3/h7,9,11,16H,5-6,8,10,12H2,1-4H3;3H,2H2,1H3. The zero-order valence-electron chi connectivity index (χ0n) is 13.4. The van der Waals surface area contributed by atoms with Crippen molar-refractivity contribution in [3.63, 3.8) is 0 Å². The Labute approximate surface area is 119 Å². The molecule has 112 valence electrons. The monoisotopic (exact) mass is 268 g/mol. The van der Waals surface area contributed by atoms with Gasteiger partial charge < -0.3 is 10.2 Å². The topological polar surface area (TPSA) is 40.5 Å². The minimum Gasteiger partial charge on any atom is -0.397 e. The third-order valence-corrected chi connectivity index (χ3v) is 2.56. The molecule has 0 saturated carbocycles. The Morgan fingerprint density at radius 3 is 1.63 bits per heavy atom. The molecule has 0 aliphatic carbocycles. The molecule has 0 aromatic carbocycles. The third-order valence-electron chi connectivity index (χ3n) is 2.56. The molecule has 0 aromatic heterocycles. The van der Waals surface area contributed by atoms with Crippen molar-refractivity contribution < 1.29 is 10.2 Å². The summed E-state index contributed by atoms with van der Waals surface area (Å²) in [5.74, 6) is 0. The summed E-state index contributed by atoms with van der Waals surface area (Å²) in [6, 6.07) is 0. The average Bonchev–Trinajstić information content (AvgIpc) is 2.29. The number of hydrogen-bond donors (Lipinski definition) is 2. The summed E-state index contributed by atoms with van der Waals surface area (Å²) >= 11 is 0. The van der Waals surface area contributed by atoms with Gasteiger partial charge in [0.1, 0.15) is 0 Å². The van der Waals surface area contributed by atoms with Gasteiger partial charge in [0.25, 0.3) is 0 Å². The van der Waals surface area contributed by atoms with E-state index in [1.165, 1.54) is 16.7 Å². The first-order valence-corrected chi connectivity index (χ1v) is 7.14. The van der Waals surface area contributed by atoms with Gasteiger partial charge >= 0.3 is 0 Å². The first-order chi connectivity index (χ1) is 8.97. The Morgan fingerprint density at radius 1 is 0.789 bits per heavy atom. The summed E-state index contributed by atoms with van der Waals surface area (Å²) < 4.78 is 0. The number of allylic oxidation sites excluding steroid dienone is 5. The molecular formula is C17H32O2. The lowest BCUT2D eigenvalue weighted by Crippen LogP contribution is -1.82. The first kappa shape index (κ1) is 20.5. The smallest absolute Gasteiger partial charge is 0.0614 e. The van der Waals surface area contributed by atoms with Crippen molar-refractivity contribution in [3.05, 3.63) is 34.9 Å². The molecule has 0 spiro atoms. The zero-order valence-corrected chi connectivity index (χ0v) is 13.4. The zero-order chi connectivity index (χ0) is 15.1. The lowest BCUT2D eigenvalue weighted by molar-refractivity contribution is 0.318. The van der Waals surface area contributed by atoms with E-state index >= 15 is 0 Å². The second-order valence-electron chi connectivity index (χ2n) is 4.96. The van der Waals surface area contributed by atoms with E-state index in [1.54, 1.807) is 6.92 Å². The van der Waals surface area contributed by atoms with Gasteiger partial charge in [0, 0.05) is 6.61 Å². The molecule has 2 nitrogen and oxygen atoms in total. The van der Waals surface area contributed by atoms with E-state index < -0.39 is 0 Å². The number of rotatable bonds is 7. The van der Waals surface area contributed by atoms with Crippen LogP contribution in [-0.2, 0) is 0 Å². The van der Waals surface area contributed by atoms with Crippen molar-refractivity contribution in [1.29, 1.82) is 0 Å². The molecule has 0 amide bonds. The van der Waals surface area contributed by atoms with Gasteiger partial charge in [-0.2, -0.15) is 0 Å². The van der Waals surface area contributed by atoms with Crippen LogP contribution in [0.3, 0.4) is 0 Å². The summed E-state index contributed by atoms with van der Waals surface area (Å²) in [6.07, 6.45) is 10.9. The quantitative estimate of drug-likeness (QED) is 0.672. The predicted octanol–water partition coefficient (Wildman–Crippen LogP) is 4.40. The normalized spacial score (nSPS) is 11.7. The molecule has 2 heteroatoms. The van der Waals surface area contributed by atoms with Crippen LogP contribution in [0.15, 0.2) is 34.9 Å². The van der Waals surface area contributed by atoms with Gasteiger partial charge in [0.15, 0.2) is 0 Å². The van der Waals surface area contributed by atoms with E-state index in [4.69, 9.17) is 10.2 Å². The molecule has 0 aliphatic heterocycles. The maximum atomic E-state index is 8.72. The fourth-order valence-corrected chi connectivity index (χ4v) is 1.49. The summed E-state index contributed by atoms with van der Waals surface area (Å²) in [5, 5.41) is 16.3. The molecule has 0 rings (SSSR count). The van der Waals surface area contributed by atoms with Crippen molar-refractivity contribution in [2.75, 3.05) is 13.2 Å². The van der Waals surface area contributed by atoms with E-state index in [1.807, 2.05) is 6.08 Å². The van der Waals surface area contributed by atoms with Crippen LogP contribution < -0.4 is 0 Å². The molecule has 2 N–H and O–H groups in total. The van der Waals surface area contributed by atoms with Gasteiger partial charge in [-0.05, 0) is 60.3 Å². The minimum atomic E-state index is 0.162. The van der Waals surface area contributed by atoms with Crippen molar-refractivity contribution in [3.8, 4) is 0 Å². The van der Waals surface area contributed by atoms with Crippen molar-refractivity contribution in [2.45, 2.75) is 60.3 Å². The molecule has 19 heavy (non-hydrogen) atoms. The van der Waals surface area contributed by atoms with Gasteiger partial charge in [-0.15, -0.1) is 0 Å². The molecular weight excluding hydrogens is 236 g/mol. The Kier molecular flexibility index (Phi) is 16.4. The number of hydrogen-bond acceptors (Lipinski definition) is 2. The molecule has 0 saturated heterocycles. The highest BCUT2D eigenvalue weighted by Gasteiger charge is 1.91. The second kappa shape index (κ2) is 15.2. The van der Waals surface area contributed by atoms with E-state index in [9.17, 15) is 0 Å². The van der Waals surface area contributed by atoms with Gasteiger partial charge in [-0.3, -0.25) is 0 Å². The highest BCUT2D eigenvalue weighted by molar-refractivity contribution is 5.05. The summed E-state index contributed by atoms with van der Waals surface area (Å²) in [7, 11) is 0. The van der Waals surface area contributed by atoms with Crippen molar-refractivity contribution in [1.82, 2.24) is 0 Å². The number of aliphatic hydroxyl groups is 2. The highest BCUT2D eigenvalue weighted by Crippen LogP contribution is 2.10. The van der Waals surface area contributed by atoms with Crippen LogP contribution >= 0.6 is 0 Å². The molecule has 0 atom stereocenters. The van der Waals surface area contributed by atoms with E-state index in [0.29, 0.717) is 0 Å². The number of aliphatic hydroxyl groups excluding tert-OH is 2. The molecule has 0 fully saturated rings. The fraction of sp³-hybridized carbons (Fsp3) is 0.647. The van der Waals surface area contributed by atoms with Gasteiger partial charge in [-0.25, -0.2) is 0 Å². The summed E-state index contributed by atoms with van der Waals surface area (Å²) in [5.41, 5.74) is 4.14. The molecule has 0 aromatic rings. The van der Waals surface area contributed by atoms with Crippen molar-refractivity contribution in [2.24, 2.45) is 0 Å². The summed E-state index contributed by atoms with van der Waals surface area (Å²) in [4.78, 5) is 0. The molecule has 0 aliphatic rings. The van der Waals surface area contributed by atoms with E-state index in [2.05, 4.69) is 39.8 Å². The SMILES string of the molecule is CC(C)=CCCC(C)=CCCC(C)=CCO.CCO. The fourth-order valence-electron chi connectivity index (χ4n) is 1.49. The molecule has 0 radical (unpaired) electrons. The van der Waals surface area contributed by atoms with Crippen LogP contribution in [0.25, 0.3) is 0 Å². The third kappa shape index (κ3) is 19.7. The average molecular weight is 268 g/mol.